The number of aromatic amines is 1. The molecule has 2 aromatic heterocycles. The molecule has 0 atom stereocenters. The van der Waals surface area contributed by atoms with Crippen LogP contribution in [0.3, 0.4) is 0 Å². The predicted octanol–water partition coefficient (Wildman–Crippen LogP) is 2.54. The number of methoxy groups -OCH3 is 2. The van der Waals surface area contributed by atoms with Crippen LogP contribution in [0, 0.1) is 0 Å². The van der Waals surface area contributed by atoms with Gasteiger partial charge in [-0.2, -0.15) is 48.2 Å². The number of nitrogens with one attached hydrogen (secondary N) is 1. The number of hydrogen-bond donors (Lipinski definition) is 1. The van der Waals surface area contributed by atoms with Gasteiger partial charge in [0.05, 0.1) is 52.7 Å². The van der Waals surface area contributed by atoms with E-state index in [1.807, 2.05) is 0 Å². The van der Waals surface area contributed by atoms with Crippen LogP contribution in [-0.2, 0) is 42.3 Å². The Hall–Kier alpha value is -2.54. The van der Waals surface area contributed by atoms with E-state index >= 15 is 0 Å². The molecule has 1 saturated heterocycles. The molecular formula is C21H37F8N8O6S2+. The fraction of sp³-hybridized carbons (Fsp3) is 0.810. The molecule has 14 nitrogen and oxygen atoms in total. The van der Waals surface area contributed by atoms with Crippen LogP contribution in [0.4, 0.5) is 34.1 Å². The largest absolute Gasteiger partial charge is 0.451 e. The lowest BCUT2D eigenvalue weighted by molar-refractivity contribution is -0.916. The summed E-state index contributed by atoms with van der Waals surface area (Å²) < 4.78 is 147. The molecule has 0 unspecified atom stereocenters. The number of nitrogens with zero attached hydrogens (tertiary/aromatic N) is 7. The van der Waals surface area contributed by atoms with Crippen molar-refractivity contribution in [1.29, 1.82) is 0 Å². The first kappa shape index (κ1) is 42.5. The van der Waals surface area contributed by atoms with Crippen LogP contribution < -0.4 is 4.98 Å². The van der Waals surface area contributed by atoms with Crippen molar-refractivity contribution in [2.45, 2.75) is 49.4 Å². The lowest BCUT2D eigenvalue weighted by Gasteiger charge is -2.31. The lowest BCUT2D eigenvalue weighted by Crippen LogP contribution is -2.45. The van der Waals surface area contributed by atoms with E-state index in [1.54, 1.807) is 14.2 Å². The smallest absolute Gasteiger partial charge is 0.379 e. The van der Waals surface area contributed by atoms with Crippen LogP contribution in [0.1, 0.15) is 38.3 Å². The Morgan fingerprint density at radius 1 is 0.911 bits per heavy atom. The Morgan fingerprint density at radius 3 is 1.73 bits per heavy atom. The first-order valence-electron chi connectivity index (χ1n) is 12.9. The van der Waals surface area contributed by atoms with Crippen LogP contribution in [0.5, 0.6) is 0 Å². The fourth-order valence-electron chi connectivity index (χ4n) is 3.32. The van der Waals surface area contributed by atoms with Crippen LogP contribution in [-0.4, -0.2) is 126 Å². The van der Waals surface area contributed by atoms with Gasteiger partial charge in [-0.25, -0.2) is 0 Å². The molecule has 0 radical (unpaired) electrons. The van der Waals surface area contributed by atoms with E-state index in [1.165, 1.54) is 44.1 Å². The van der Waals surface area contributed by atoms with Crippen molar-refractivity contribution in [1.82, 2.24) is 30.4 Å². The molecule has 0 bridgehead atoms. The lowest BCUT2D eigenvalue weighted by atomic mass is 10.4. The molecule has 1 aliphatic rings. The maximum Gasteiger partial charge on any atom is 0.451 e. The summed E-state index contributed by atoms with van der Waals surface area (Å²) in [5.41, 5.74) is 0. The van der Waals surface area contributed by atoms with Gasteiger partial charge in [0.25, 0.3) is 5.16 Å². The number of H-pyrrole nitrogens is 1. The van der Waals surface area contributed by atoms with Crippen molar-refractivity contribution in [3.8, 4) is 0 Å². The molecule has 0 saturated carbocycles. The Kier molecular flexibility index (Phi) is 16.4. The van der Waals surface area contributed by atoms with Gasteiger partial charge in [0.15, 0.2) is 6.73 Å². The number of likely N-dealkylation sites (tertiary alicyclic amines) is 1. The summed E-state index contributed by atoms with van der Waals surface area (Å²) in [5.74, 6) is -3.45. The number of ether oxygens (including phenoxy) is 2. The number of rotatable bonds is 9. The van der Waals surface area contributed by atoms with Gasteiger partial charge in [0, 0.05) is 27.1 Å². The first-order chi connectivity index (χ1) is 20.4. The molecule has 2 aromatic rings. The summed E-state index contributed by atoms with van der Waals surface area (Å²) in [4.78, 5) is 4.74. The molecule has 264 valence electrons. The highest BCUT2D eigenvalue weighted by atomic mass is 32.3. The minimum atomic E-state index is -5.33. The molecular weight excluding hydrogens is 676 g/mol. The molecule has 1 fully saturated rings. The van der Waals surface area contributed by atoms with E-state index in [9.17, 15) is 50.9 Å². The minimum absolute atomic E-state index is 0.873. The average Bonchev–Trinajstić information content (AvgIpc) is 3.68. The second-order valence-electron chi connectivity index (χ2n) is 9.92. The van der Waals surface area contributed by atoms with Crippen LogP contribution in [0.15, 0.2) is 10.3 Å². The predicted molar refractivity (Wildman–Crippen MR) is 139 cm³/mol. The van der Waals surface area contributed by atoms with Crippen LogP contribution in [0.25, 0.3) is 0 Å². The van der Waals surface area contributed by atoms with E-state index < -0.39 is 54.8 Å². The first-order valence-corrected chi connectivity index (χ1v) is 15.6. The summed E-state index contributed by atoms with van der Waals surface area (Å²) in [6, 6.07) is 0. The third kappa shape index (κ3) is 16.0. The maximum atomic E-state index is 12.0. The molecule has 3 rings (SSSR count). The number of aromatic nitrogens is 6. The van der Waals surface area contributed by atoms with Gasteiger partial charge in [-0.3, -0.25) is 5.10 Å². The third-order valence-corrected chi connectivity index (χ3v) is 7.53. The standard InChI is InChI=1S/C8H20NO.C7H16NO.C3HF4N3O2S.C3F4N3O2S/c1-5-9(3,6-2)7-8-10-4;1-8(7-9-2)5-3-4-6-8;2*4-3(5,6)1-8-2(10-9-1)13(7,11)12/h5-8H2,1-4H3;3-7H2,1-2H3;(H,8,9,10);/q2*+1;;-1. The van der Waals surface area contributed by atoms with Crippen molar-refractivity contribution in [3.05, 3.63) is 11.6 Å². The number of alkyl halides is 6. The number of hydrogen-bond acceptors (Lipinski definition) is 10. The molecule has 24 heteroatoms. The van der Waals surface area contributed by atoms with Crippen LogP contribution in [0.2, 0.25) is 0 Å². The van der Waals surface area contributed by atoms with E-state index in [4.69, 9.17) is 9.47 Å². The zero-order chi connectivity index (χ0) is 35.3. The molecule has 3 heterocycles. The van der Waals surface area contributed by atoms with Crippen molar-refractivity contribution in [3.63, 3.8) is 0 Å². The Morgan fingerprint density at radius 2 is 1.44 bits per heavy atom. The molecule has 0 amide bonds. The molecule has 0 aromatic carbocycles. The topological polar surface area (TPSA) is 168 Å². The number of halogens is 8. The van der Waals surface area contributed by atoms with Gasteiger partial charge >= 0.3 is 32.8 Å². The summed E-state index contributed by atoms with van der Waals surface area (Å²) in [6.45, 7) is 12.3. The molecule has 45 heavy (non-hydrogen) atoms. The molecule has 1 N–H and O–H groups in total. The molecule has 0 aliphatic carbocycles. The molecule has 1 aliphatic heterocycles. The van der Waals surface area contributed by atoms with Gasteiger partial charge in [0.2, 0.25) is 5.82 Å². The second-order valence-corrected chi connectivity index (χ2v) is 12.4. The fourth-order valence-corrected chi connectivity index (χ4v) is 4.01. The molecule has 0 spiro atoms. The van der Waals surface area contributed by atoms with Crippen LogP contribution >= 0.6 is 0 Å². The Bertz CT molecular complexity index is 1280. The SMILES string of the molecule is CC[N+](C)(CC)CCOC.COC[N+]1(C)CCCC1.O=S(=O)(F)c1n[nH]c(C(F)(F)F)n1.O=S(=O)(F)c1nnc(C(F)(F)F)[n-]1. The summed E-state index contributed by atoms with van der Waals surface area (Å²) in [6.07, 6.45) is -7.06. The van der Waals surface area contributed by atoms with Gasteiger partial charge in [-0.05, 0) is 13.8 Å². The highest BCUT2D eigenvalue weighted by molar-refractivity contribution is 7.86. The normalized spacial score (nSPS) is 15.2. The highest BCUT2D eigenvalue weighted by Crippen LogP contribution is 2.27. The van der Waals surface area contributed by atoms with Gasteiger partial charge in [-0.1, -0.05) is 7.77 Å². The van der Waals surface area contributed by atoms with Gasteiger partial charge < -0.3 is 33.6 Å². The zero-order valence-electron chi connectivity index (χ0n) is 25.3. The number of likely N-dealkylation sites (N-methyl/N-ethyl adjacent to an activating group) is 1. The van der Waals surface area contributed by atoms with Crippen molar-refractivity contribution >= 4 is 20.4 Å². The summed E-state index contributed by atoms with van der Waals surface area (Å²) >= 11 is 0. The third-order valence-electron chi connectivity index (χ3n) is 6.30. The quantitative estimate of drug-likeness (QED) is 0.230. The van der Waals surface area contributed by atoms with Gasteiger partial charge in [0.1, 0.15) is 11.7 Å². The minimum Gasteiger partial charge on any atom is -0.379 e. The Balaban J connectivity index is 0.000000581. The summed E-state index contributed by atoms with van der Waals surface area (Å²) in [5, 5.41) is 5.43. The Labute approximate surface area is 255 Å². The monoisotopic (exact) mass is 713 g/mol. The van der Waals surface area contributed by atoms with Crippen molar-refractivity contribution in [2.75, 3.05) is 74.4 Å². The summed E-state index contributed by atoms with van der Waals surface area (Å²) in [7, 11) is -2.56. The maximum absolute atomic E-state index is 12.0. The van der Waals surface area contributed by atoms with E-state index in [0.717, 1.165) is 28.8 Å². The van der Waals surface area contributed by atoms with Gasteiger partial charge in [-0.15, -0.1) is 5.10 Å². The van der Waals surface area contributed by atoms with Crippen molar-refractivity contribution in [2.24, 2.45) is 0 Å². The van der Waals surface area contributed by atoms with E-state index in [-0.39, 0.29) is 0 Å². The zero-order valence-corrected chi connectivity index (χ0v) is 26.9. The van der Waals surface area contributed by atoms with E-state index in [2.05, 4.69) is 53.2 Å². The van der Waals surface area contributed by atoms with Crippen molar-refractivity contribution < 1.29 is 69.4 Å². The second kappa shape index (κ2) is 17.4. The average molecular weight is 714 g/mol. The number of quaternary nitrogens is 2. The highest BCUT2D eigenvalue weighted by Gasteiger charge is 2.37. The van der Waals surface area contributed by atoms with E-state index in [0.29, 0.717) is 0 Å².